The molecule has 0 amide bonds. The molecule has 37 heavy (non-hydrogen) atoms. The molecule has 12 heteroatoms. The van der Waals surface area contributed by atoms with Crippen molar-refractivity contribution in [2.75, 3.05) is 6.61 Å². The standard InChI is InChI=1S/C11H10O4.C8H6O4.C6H10O4/c1-7-6-14-10(12)8-2-4-9(5-3-8)11(13)15-7;9-7(10)5-2-1-3-6(4-5)8(11)12;7-5(8)3-1-2-4-6(9)10/h2-5,7H,6H2,1H3;1-4H,(H,9,10)(H,11,12);1-4H2,(H,7,8)(H,9,10). The third-order valence-electron chi connectivity index (χ3n) is 4.50. The second-order valence-electron chi connectivity index (χ2n) is 7.58. The molecule has 0 saturated heterocycles. The first-order chi connectivity index (χ1) is 17.4. The Morgan fingerprint density at radius 2 is 1.19 bits per heavy atom. The van der Waals surface area contributed by atoms with Gasteiger partial charge in [0.15, 0.2) is 0 Å². The fourth-order valence-corrected chi connectivity index (χ4v) is 2.64. The molecule has 4 rings (SSSR count). The molecule has 2 aromatic carbocycles. The van der Waals surface area contributed by atoms with Crippen molar-refractivity contribution in [3.8, 4) is 0 Å². The molecule has 0 radical (unpaired) electrons. The first kappa shape index (κ1) is 30.3. The third kappa shape index (κ3) is 12.0. The van der Waals surface area contributed by atoms with E-state index in [9.17, 15) is 28.8 Å². The molecule has 0 saturated carbocycles. The van der Waals surface area contributed by atoms with Crippen molar-refractivity contribution in [1.82, 2.24) is 0 Å². The van der Waals surface area contributed by atoms with Gasteiger partial charge in [-0.3, -0.25) is 9.59 Å². The minimum atomic E-state index is -1.13. The van der Waals surface area contributed by atoms with Crippen LogP contribution in [-0.2, 0) is 19.1 Å². The number of rotatable bonds is 7. The van der Waals surface area contributed by atoms with E-state index in [0.29, 0.717) is 24.0 Å². The number of fused-ring (bicyclic) bond motifs is 7. The van der Waals surface area contributed by atoms with E-state index in [1.807, 2.05) is 0 Å². The van der Waals surface area contributed by atoms with E-state index in [2.05, 4.69) is 0 Å². The van der Waals surface area contributed by atoms with Crippen LogP contribution < -0.4 is 0 Å². The highest BCUT2D eigenvalue weighted by Gasteiger charge is 2.18. The van der Waals surface area contributed by atoms with Crippen molar-refractivity contribution < 1.29 is 58.7 Å². The molecule has 198 valence electrons. The Morgan fingerprint density at radius 3 is 1.59 bits per heavy atom. The lowest BCUT2D eigenvalue weighted by atomic mass is 10.1. The number of benzene rings is 2. The van der Waals surface area contributed by atoms with Gasteiger partial charge in [-0.05, 0) is 62.2 Å². The number of esters is 2. The van der Waals surface area contributed by atoms with Crippen LogP contribution in [0.25, 0.3) is 0 Å². The highest BCUT2D eigenvalue weighted by molar-refractivity contribution is 5.94. The molecule has 0 spiro atoms. The molecule has 2 aliphatic heterocycles. The fourth-order valence-electron chi connectivity index (χ4n) is 2.64. The van der Waals surface area contributed by atoms with E-state index >= 15 is 0 Å². The minimum absolute atomic E-state index is 0.0186. The largest absolute Gasteiger partial charge is 0.481 e. The maximum absolute atomic E-state index is 11.5. The Morgan fingerprint density at radius 1 is 0.757 bits per heavy atom. The topological polar surface area (TPSA) is 202 Å². The van der Waals surface area contributed by atoms with Crippen LogP contribution in [0.2, 0.25) is 0 Å². The number of hydrogen-bond acceptors (Lipinski definition) is 8. The van der Waals surface area contributed by atoms with Crippen molar-refractivity contribution in [3.63, 3.8) is 0 Å². The second kappa shape index (κ2) is 15.3. The lowest BCUT2D eigenvalue weighted by Gasteiger charge is -2.15. The molecule has 0 fully saturated rings. The van der Waals surface area contributed by atoms with Crippen LogP contribution in [-0.4, -0.2) is 69.0 Å². The maximum atomic E-state index is 11.5. The number of aromatic carboxylic acids is 2. The normalized spacial score (nSPS) is 13.9. The molecule has 1 unspecified atom stereocenters. The van der Waals surface area contributed by atoms with E-state index in [1.165, 1.54) is 18.2 Å². The van der Waals surface area contributed by atoms with Gasteiger partial charge in [-0.1, -0.05) is 6.07 Å². The number of carbonyl (C=O) groups is 6. The SMILES string of the molecule is CC1COC(=O)c2ccc(cc2)C(=O)O1.O=C(O)CCCCC(=O)O.O=C(O)c1cccc(C(=O)O)c1. The summed E-state index contributed by atoms with van der Waals surface area (Å²) in [6.07, 6.45) is 0.597. The predicted molar refractivity (Wildman–Crippen MR) is 126 cm³/mol. The number of carboxylic acid groups (broad SMARTS) is 4. The summed E-state index contributed by atoms with van der Waals surface area (Å²) in [7, 11) is 0. The van der Waals surface area contributed by atoms with Crippen LogP contribution in [0.1, 0.15) is 74.0 Å². The summed E-state index contributed by atoms with van der Waals surface area (Å²) >= 11 is 0. The van der Waals surface area contributed by atoms with Gasteiger partial charge in [-0.25, -0.2) is 19.2 Å². The summed E-state index contributed by atoms with van der Waals surface area (Å²) in [6, 6.07) is 11.4. The van der Waals surface area contributed by atoms with E-state index < -0.39 is 41.9 Å². The first-order valence-electron chi connectivity index (χ1n) is 10.9. The number of carbonyl (C=O) groups excluding carboxylic acids is 2. The molecule has 2 heterocycles. The quantitative estimate of drug-likeness (QED) is 0.308. The average molecular weight is 518 g/mol. The minimum Gasteiger partial charge on any atom is -0.481 e. The monoisotopic (exact) mass is 518 g/mol. The highest BCUT2D eigenvalue weighted by Crippen LogP contribution is 2.11. The zero-order valence-corrected chi connectivity index (χ0v) is 19.8. The van der Waals surface area contributed by atoms with Crippen molar-refractivity contribution in [1.29, 1.82) is 0 Å². The molecular formula is C25H26O12. The smallest absolute Gasteiger partial charge is 0.338 e. The Hall–Kier alpha value is -4.74. The van der Waals surface area contributed by atoms with Gasteiger partial charge in [-0.15, -0.1) is 0 Å². The summed E-state index contributed by atoms with van der Waals surface area (Å²) < 4.78 is 9.98. The highest BCUT2D eigenvalue weighted by atomic mass is 16.6. The van der Waals surface area contributed by atoms with Crippen LogP contribution in [0.3, 0.4) is 0 Å². The van der Waals surface area contributed by atoms with E-state index in [0.717, 1.165) is 6.07 Å². The Bertz CT molecular complexity index is 1080. The molecule has 1 atom stereocenters. The van der Waals surface area contributed by atoms with Crippen molar-refractivity contribution in [2.45, 2.75) is 38.7 Å². The number of unbranched alkanes of at least 4 members (excludes halogenated alkanes) is 1. The summed E-state index contributed by atoms with van der Waals surface area (Å²) in [5.74, 6) is -4.79. The Balaban J connectivity index is 0.000000285. The maximum Gasteiger partial charge on any atom is 0.338 e. The predicted octanol–water partition coefficient (Wildman–Crippen LogP) is 3.20. The van der Waals surface area contributed by atoms with Gasteiger partial charge in [0.2, 0.25) is 0 Å². The van der Waals surface area contributed by atoms with Gasteiger partial charge in [0.05, 0.1) is 22.3 Å². The first-order valence-corrected chi connectivity index (χ1v) is 10.9. The van der Waals surface area contributed by atoms with Crippen LogP contribution >= 0.6 is 0 Å². The molecule has 0 aliphatic carbocycles. The number of hydrogen-bond donors (Lipinski definition) is 4. The molecular weight excluding hydrogens is 492 g/mol. The lowest BCUT2D eigenvalue weighted by Crippen LogP contribution is -2.23. The van der Waals surface area contributed by atoms with Crippen LogP contribution in [0, 0.1) is 0 Å². The van der Waals surface area contributed by atoms with Gasteiger partial charge >= 0.3 is 35.8 Å². The molecule has 4 N–H and O–H groups in total. The Labute approximate surface area is 211 Å². The molecule has 2 bridgehead atoms. The zero-order valence-electron chi connectivity index (χ0n) is 19.8. The van der Waals surface area contributed by atoms with Gasteiger partial charge in [-0.2, -0.15) is 0 Å². The van der Waals surface area contributed by atoms with Crippen LogP contribution in [0.5, 0.6) is 0 Å². The third-order valence-corrected chi connectivity index (χ3v) is 4.50. The van der Waals surface area contributed by atoms with E-state index in [4.69, 9.17) is 29.9 Å². The summed E-state index contributed by atoms with van der Waals surface area (Å²) in [5.41, 5.74) is 0.853. The van der Waals surface area contributed by atoms with Crippen molar-refractivity contribution in [3.05, 3.63) is 70.8 Å². The number of carboxylic acids is 4. The lowest BCUT2D eigenvalue weighted by molar-refractivity contribution is -0.139. The van der Waals surface area contributed by atoms with Crippen molar-refractivity contribution in [2.24, 2.45) is 0 Å². The van der Waals surface area contributed by atoms with E-state index in [-0.39, 0.29) is 30.6 Å². The Kier molecular flexibility index (Phi) is 12.5. The van der Waals surface area contributed by atoms with Crippen LogP contribution in [0.4, 0.5) is 0 Å². The summed E-state index contributed by atoms with van der Waals surface area (Å²) in [5, 5.41) is 33.3. The van der Waals surface area contributed by atoms with E-state index in [1.54, 1.807) is 31.2 Å². The average Bonchev–Trinajstić information content (AvgIpc) is 2.85. The molecule has 0 aromatic heterocycles. The van der Waals surface area contributed by atoms with Gasteiger partial charge in [0.1, 0.15) is 12.7 Å². The zero-order chi connectivity index (χ0) is 28.0. The summed E-state index contributed by atoms with van der Waals surface area (Å²) in [4.78, 5) is 63.4. The number of ether oxygens (including phenoxy) is 2. The molecule has 2 aromatic rings. The molecule has 2 aliphatic rings. The summed E-state index contributed by atoms with van der Waals surface area (Å²) in [6.45, 7) is 1.77. The van der Waals surface area contributed by atoms with Gasteiger partial charge in [0, 0.05) is 12.8 Å². The van der Waals surface area contributed by atoms with Crippen molar-refractivity contribution >= 4 is 35.8 Å². The van der Waals surface area contributed by atoms with Crippen LogP contribution in [0.15, 0.2) is 48.5 Å². The van der Waals surface area contributed by atoms with Gasteiger partial charge in [0.25, 0.3) is 0 Å². The second-order valence-corrected chi connectivity index (χ2v) is 7.58. The fraction of sp³-hybridized carbons (Fsp3) is 0.280. The number of aliphatic carboxylic acids is 2. The molecule has 12 nitrogen and oxygen atoms in total. The van der Waals surface area contributed by atoms with Gasteiger partial charge < -0.3 is 29.9 Å².